The van der Waals surface area contributed by atoms with Gasteiger partial charge in [-0.1, -0.05) is 0 Å². The average molecular weight is 258 g/mol. The Hall–Kier alpha value is -0.760. The smallest absolute Gasteiger partial charge is 0.0214 e. The average Bonchev–Trinajstić information content (AvgIpc) is 2.66. The number of aromatic nitrogens is 1. The van der Waals surface area contributed by atoms with E-state index in [-0.39, 0.29) is 0 Å². The van der Waals surface area contributed by atoms with E-state index in [1.807, 2.05) is 0 Å². The van der Waals surface area contributed by atoms with E-state index in [2.05, 4.69) is 24.6 Å². The maximum Gasteiger partial charge on any atom is 0.0214 e. The van der Waals surface area contributed by atoms with Crippen molar-refractivity contribution in [1.82, 2.24) is 4.57 Å². The van der Waals surface area contributed by atoms with Gasteiger partial charge in [-0.2, -0.15) is 0 Å². The molecule has 104 valence electrons. The lowest BCUT2D eigenvalue weighted by Crippen LogP contribution is -2.44. The highest BCUT2D eigenvalue weighted by Gasteiger charge is 2.49. The standard InChI is InChI=1S/C17H26N2/c1-10-15(9-18)8-16(19(10)2)17-13-4-11-3-12(6-13)7-14(17)5-11/h8,11-14,17H,3-7,9,18H2,1-2H3. The SMILES string of the molecule is Cc1c(CN)cc(C2C3CC4CC(C3)CC2C4)n1C. The van der Waals surface area contributed by atoms with Gasteiger partial charge in [0.25, 0.3) is 0 Å². The van der Waals surface area contributed by atoms with Crippen molar-refractivity contribution in [1.29, 1.82) is 0 Å². The Morgan fingerprint density at radius 1 is 1.11 bits per heavy atom. The lowest BCUT2D eigenvalue weighted by molar-refractivity contribution is -0.00505. The van der Waals surface area contributed by atoms with Crippen molar-refractivity contribution in [3.63, 3.8) is 0 Å². The lowest BCUT2D eigenvalue weighted by atomic mass is 9.51. The van der Waals surface area contributed by atoms with E-state index in [0.717, 1.165) is 29.6 Å². The maximum atomic E-state index is 5.89. The van der Waals surface area contributed by atoms with Gasteiger partial charge in [0.15, 0.2) is 0 Å². The molecule has 0 aliphatic heterocycles. The maximum absolute atomic E-state index is 5.89. The van der Waals surface area contributed by atoms with Crippen LogP contribution >= 0.6 is 0 Å². The largest absolute Gasteiger partial charge is 0.351 e. The summed E-state index contributed by atoms with van der Waals surface area (Å²) in [6.07, 6.45) is 7.54. The van der Waals surface area contributed by atoms with Gasteiger partial charge in [-0.25, -0.2) is 0 Å². The molecule has 1 aromatic rings. The van der Waals surface area contributed by atoms with Crippen LogP contribution in [0.3, 0.4) is 0 Å². The Morgan fingerprint density at radius 3 is 2.16 bits per heavy atom. The van der Waals surface area contributed by atoms with E-state index < -0.39 is 0 Å². The van der Waals surface area contributed by atoms with Crippen LogP contribution in [0.1, 0.15) is 55.0 Å². The molecule has 4 aliphatic carbocycles. The van der Waals surface area contributed by atoms with E-state index in [4.69, 9.17) is 5.73 Å². The first kappa shape index (κ1) is 12.0. The molecule has 0 spiro atoms. The molecule has 4 saturated carbocycles. The van der Waals surface area contributed by atoms with Crippen LogP contribution in [-0.2, 0) is 13.6 Å². The van der Waals surface area contributed by atoms with Crippen LogP contribution in [0.4, 0.5) is 0 Å². The van der Waals surface area contributed by atoms with Crippen molar-refractivity contribution in [3.05, 3.63) is 23.0 Å². The first-order valence-electron chi connectivity index (χ1n) is 8.02. The van der Waals surface area contributed by atoms with Gasteiger partial charge in [0, 0.05) is 30.9 Å². The summed E-state index contributed by atoms with van der Waals surface area (Å²) in [6, 6.07) is 2.42. The van der Waals surface area contributed by atoms with E-state index in [1.165, 1.54) is 36.9 Å². The van der Waals surface area contributed by atoms with Crippen molar-refractivity contribution in [2.75, 3.05) is 0 Å². The topological polar surface area (TPSA) is 30.9 Å². The van der Waals surface area contributed by atoms with Crippen LogP contribution in [-0.4, -0.2) is 4.57 Å². The molecule has 0 unspecified atom stereocenters. The van der Waals surface area contributed by atoms with Crippen molar-refractivity contribution in [2.24, 2.45) is 36.5 Å². The first-order chi connectivity index (χ1) is 9.17. The third-order valence-electron chi connectivity index (χ3n) is 6.47. The van der Waals surface area contributed by atoms with Gasteiger partial charge in [-0.3, -0.25) is 0 Å². The number of nitrogens with zero attached hydrogens (tertiary/aromatic N) is 1. The molecule has 2 heteroatoms. The zero-order valence-electron chi connectivity index (χ0n) is 12.2. The minimum Gasteiger partial charge on any atom is -0.351 e. The fourth-order valence-corrected chi connectivity index (χ4v) is 5.72. The Morgan fingerprint density at radius 2 is 1.68 bits per heavy atom. The summed E-state index contributed by atoms with van der Waals surface area (Å²) < 4.78 is 2.44. The molecular weight excluding hydrogens is 232 g/mol. The molecule has 0 radical (unpaired) electrons. The predicted octanol–water partition coefficient (Wildman–Crippen LogP) is 3.33. The van der Waals surface area contributed by atoms with Crippen molar-refractivity contribution < 1.29 is 0 Å². The second-order valence-electron chi connectivity index (χ2n) is 7.40. The lowest BCUT2D eigenvalue weighted by Gasteiger charge is -2.54. The van der Waals surface area contributed by atoms with Gasteiger partial charge in [-0.15, -0.1) is 0 Å². The molecule has 0 amide bonds. The highest BCUT2D eigenvalue weighted by molar-refractivity contribution is 5.31. The van der Waals surface area contributed by atoms with Gasteiger partial charge in [0.05, 0.1) is 0 Å². The molecule has 2 nitrogen and oxygen atoms in total. The first-order valence-corrected chi connectivity index (χ1v) is 8.02. The zero-order chi connectivity index (χ0) is 13.1. The third-order valence-corrected chi connectivity index (χ3v) is 6.47. The van der Waals surface area contributed by atoms with E-state index in [0.29, 0.717) is 6.54 Å². The zero-order valence-corrected chi connectivity index (χ0v) is 12.2. The van der Waals surface area contributed by atoms with Crippen molar-refractivity contribution in [3.8, 4) is 0 Å². The summed E-state index contributed by atoms with van der Waals surface area (Å²) >= 11 is 0. The van der Waals surface area contributed by atoms with Gasteiger partial charge < -0.3 is 10.3 Å². The Kier molecular flexibility index (Phi) is 2.60. The quantitative estimate of drug-likeness (QED) is 0.866. The van der Waals surface area contributed by atoms with E-state index in [1.54, 1.807) is 12.1 Å². The summed E-state index contributed by atoms with van der Waals surface area (Å²) in [5.74, 6) is 4.89. The molecule has 0 atom stereocenters. The van der Waals surface area contributed by atoms with Crippen LogP contribution in [0.15, 0.2) is 6.07 Å². The van der Waals surface area contributed by atoms with Crippen LogP contribution < -0.4 is 5.73 Å². The Labute approximate surface area is 116 Å². The van der Waals surface area contributed by atoms with Gasteiger partial charge in [0.1, 0.15) is 0 Å². The minimum absolute atomic E-state index is 0.687. The number of nitrogens with two attached hydrogens (primary N) is 1. The summed E-state index contributed by atoms with van der Waals surface area (Å²) in [5, 5.41) is 0. The molecule has 1 heterocycles. The molecule has 19 heavy (non-hydrogen) atoms. The number of rotatable bonds is 2. The molecule has 4 fully saturated rings. The third kappa shape index (κ3) is 1.65. The molecule has 4 bridgehead atoms. The fraction of sp³-hybridized carbons (Fsp3) is 0.765. The molecule has 0 aromatic carbocycles. The highest BCUT2D eigenvalue weighted by atomic mass is 15.0. The van der Waals surface area contributed by atoms with Gasteiger partial charge >= 0.3 is 0 Å². The molecule has 5 rings (SSSR count). The summed E-state index contributed by atoms with van der Waals surface area (Å²) in [6.45, 7) is 2.91. The fourth-order valence-electron chi connectivity index (χ4n) is 5.72. The van der Waals surface area contributed by atoms with Crippen LogP contribution in [0.5, 0.6) is 0 Å². The molecule has 1 aromatic heterocycles. The summed E-state index contributed by atoms with van der Waals surface area (Å²) in [5.41, 5.74) is 10.2. The summed E-state index contributed by atoms with van der Waals surface area (Å²) in [7, 11) is 2.24. The predicted molar refractivity (Wildman–Crippen MR) is 77.8 cm³/mol. The number of hydrogen-bond donors (Lipinski definition) is 1. The van der Waals surface area contributed by atoms with Crippen molar-refractivity contribution in [2.45, 2.75) is 51.5 Å². The van der Waals surface area contributed by atoms with Crippen LogP contribution in [0.2, 0.25) is 0 Å². The second kappa shape index (κ2) is 4.12. The second-order valence-corrected chi connectivity index (χ2v) is 7.40. The Bertz CT molecular complexity index is 472. The van der Waals surface area contributed by atoms with Crippen LogP contribution in [0.25, 0.3) is 0 Å². The van der Waals surface area contributed by atoms with Gasteiger partial charge in [-0.05, 0) is 74.3 Å². The number of hydrogen-bond acceptors (Lipinski definition) is 1. The van der Waals surface area contributed by atoms with Crippen molar-refractivity contribution >= 4 is 0 Å². The highest BCUT2D eigenvalue weighted by Crippen LogP contribution is 2.59. The molecule has 2 N–H and O–H groups in total. The summed E-state index contributed by atoms with van der Waals surface area (Å²) in [4.78, 5) is 0. The molecular formula is C17H26N2. The van der Waals surface area contributed by atoms with Gasteiger partial charge in [0.2, 0.25) is 0 Å². The minimum atomic E-state index is 0.687. The normalized spacial score (nSPS) is 40.1. The molecule has 4 aliphatic rings. The monoisotopic (exact) mass is 258 g/mol. The van der Waals surface area contributed by atoms with E-state index in [9.17, 15) is 0 Å². The van der Waals surface area contributed by atoms with Crippen LogP contribution in [0, 0.1) is 30.6 Å². The Balaban J connectivity index is 1.73. The van der Waals surface area contributed by atoms with E-state index >= 15 is 0 Å². The molecule has 0 saturated heterocycles.